The van der Waals surface area contributed by atoms with Gasteiger partial charge in [-0.25, -0.2) is 4.68 Å². The van der Waals surface area contributed by atoms with Crippen molar-refractivity contribution in [1.82, 2.24) is 9.78 Å². The number of halogens is 2. The van der Waals surface area contributed by atoms with Gasteiger partial charge in [0.1, 0.15) is 0 Å². The van der Waals surface area contributed by atoms with Gasteiger partial charge in [-0.3, -0.25) is 0 Å². The number of aromatic nitrogens is 2. The summed E-state index contributed by atoms with van der Waals surface area (Å²) in [5, 5.41) is 5.21. The molecule has 20 heavy (non-hydrogen) atoms. The molecule has 108 valence electrons. The minimum Gasteiger partial charge on any atom is -0.327 e. The lowest BCUT2D eigenvalue weighted by atomic mass is 10.0. The largest absolute Gasteiger partial charge is 0.327 e. The number of rotatable bonds is 4. The minimum absolute atomic E-state index is 0.180. The van der Waals surface area contributed by atoms with Crippen LogP contribution in [0.5, 0.6) is 0 Å². The van der Waals surface area contributed by atoms with Gasteiger partial charge < -0.3 is 5.73 Å². The van der Waals surface area contributed by atoms with Crippen molar-refractivity contribution in [2.24, 2.45) is 5.73 Å². The van der Waals surface area contributed by atoms with E-state index in [-0.39, 0.29) is 6.04 Å². The summed E-state index contributed by atoms with van der Waals surface area (Å²) < 4.78 is 2.89. The highest BCUT2D eigenvalue weighted by atomic mass is 79.9. The molecule has 2 N–H and O–H groups in total. The fraction of sp³-hybridized carbons (Fsp3) is 0.400. The van der Waals surface area contributed by atoms with Crippen LogP contribution in [-0.4, -0.2) is 15.8 Å². The standard InChI is InChI=1S/C15H19BrClN3/c1-4-12(18)7-11-5-6-14(13(17)8-11)20-10(3)15(16)9(2)19-20/h5-6,8,12H,4,7,18H2,1-3H3. The predicted octanol–water partition coefficient (Wildman–Crippen LogP) is 4.18. The summed E-state index contributed by atoms with van der Waals surface area (Å²) >= 11 is 9.94. The highest BCUT2D eigenvalue weighted by Crippen LogP contribution is 2.28. The van der Waals surface area contributed by atoms with Gasteiger partial charge in [0, 0.05) is 6.04 Å². The zero-order chi connectivity index (χ0) is 14.9. The highest BCUT2D eigenvalue weighted by molar-refractivity contribution is 9.10. The number of benzene rings is 1. The van der Waals surface area contributed by atoms with E-state index in [1.54, 1.807) is 0 Å². The van der Waals surface area contributed by atoms with Gasteiger partial charge in [0.05, 0.1) is 26.6 Å². The van der Waals surface area contributed by atoms with Crippen LogP contribution in [0.2, 0.25) is 5.02 Å². The molecular weight excluding hydrogens is 338 g/mol. The molecule has 1 heterocycles. The summed E-state index contributed by atoms with van der Waals surface area (Å²) in [6, 6.07) is 6.24. The lowest BCUT2D eigenvalue weighted by Crippen LogP contribution is -2.21. The van der Waals surface area contributed by atoms with E-state index in [9.17, 15) is 0 Å². The molecule has 0 aliphatic heterocycles. The quantitative estimate of drug-likeness (QED) is 0.893. The first-order valence-electron chi connectivity index (χ1n) is 6.70. The Morgan fingerprint density at radius 1 is 1.40 bits per heavy atom. The van der Waals surface area contributed by atoms with Crippen molar-refractivity contribution in [1.29, 1.82) is 0 Å². The molecule has 0 bridgehead atoms. The van der Waals surface area contributed by atoms with Crippen molar-refractivity contribution < 1.29 is 0 Å². The van der Waals surface area contributed by atoms with Gasteiger partial charge in [-0.15, -0.1) is 0 Å². The molecule has 0 saturated heterocycles. The topological polar surface area (TPSA) is 43.8 Å². The molecule has 5 heteroatoms. The van der Waals surface area contributed by atoms with Gasteiger partial charge in [-0.1, -0.05) is 24.6 Å². The van der Waals surface area contributed by atoms with E-state index in [4.69, 9.17) is 17.3 Å². The van der Waals surface area contributed by atoms with Crippen molar-refractivity contribution in [3.63, 3.8) is 0 Å². The Morgan fingerprint density at radius 2 is 2.10 bits per heavy atom. The molecule has 2 aromatic rings. The van der Waals surface area contributed by atoms with Crippen LogP contribution in [0.25, 0.3) is 5.69 Å². The van der Waals surface area contributed by atoms with Crippen molar-refractivity contribution >= 4 is 27.5 Å². The van der Waals surface area contributed by atoms with Gasteiger partial charge in [0.15, 0.2) is 0 Å². The fourth-order valence-corrected chi connectivity index (χ4v) is 2.68. The summed E-state index contributed by atoms with van der Waals surface area (Å²) in [5.74, 6) is 0. The molecule has 1 aromatic heterocycles. The zero-order valence-corrected chi connectivity index (χ0v) is 14.3. The molecular formula is C15H19BrClN3. The van der Waals surface area contributed by atoms with E-state index in [0.717, 1.165) is 40.0 Å². The van der Waals surface area contributed by atoms with Crippen molar-refractivity contribution in [2.45, 2.75) is 39.7 Å². The number of hydrogen-bond acceptors (Lipinski definition) is 2. The molecule has 0 aliphatic carbocycles. The average Bonchev–Trinajstić information content (AvgIpc) is 2.66. The normalized spacial score (nSPS) is 12.7. The number of hydrogen-bond donors (Lipinski definition) is 1. The number of nitrogens with two attached hydrogens (primary N) is 1. The zero-order valence-electron chi connectivity index (χ0n) is 12.0. The molecule has 0 spiro atoms. The maximum absolute atomic E-state index is 6.41. The average molecular weight is 357 g/mol. The smallest absolute Gasteiger partial charge is 0.0835 e. The Morgan fingerprint density at radius 3 is 2.60 bits per heavy atom. The van der Waals surface area contributed by atoms with Gasteiger partial charge in [-0.05, 0) is 60.3 Å². The maximum atomic E-state index is 6.41. The molecule has 0 fully saturated rings. The van der Waals surface area contributed by atoms with Crippen molar-refractivity contribution in [3.8, 4) is 5.69 Å². The highest BCUT2D eigenvalue weighted by Gasteiger charge is 2.13. The second-order valence-electron chi connectivity index (χ2n) is 5.05. The lowest BCUT2D eigenvalue weighted by Gasteiger charge is -2.12. The molecule has 0 radical (unpaired) electrons. The van der Waals surface area contributed by atoms with Gasteiger partial charge in [0.2, 0.25) is 0 Å². The second kappa shape index (κ2) is 6.29. The molecule has 2 rings (SSSR count). The van der Waals surface area contributed by atoms with Crippen molar-refractivity contribution in [2.75, 3.05) is 0 Å². The molecule has 1 unspecified atom stereocenters. The Kier molecular flexibility index (Phi) is 4.89. The van der Waals surface area contributed by atoms with Crippen LogP contribution in [-0.2, 0) is 6.42 Å². The van der Waals surface area contributed by atoms with E-state index in [0.29, 0.717) is 5.02 Å². The monoisotopic (exact) mass is 355 g/mol. The van der Waals surface area contributed by atoms with E-state index in [1.165, 1.54) is 0 Å². The van der Waals surface area contributed by atoms with Crippen molar-refractivity contribution in [3.05, 3.63) is 44.6 Å². The summed E-state index contributed by atoms with van der Waals surface area (Å²) in [7, 11) is 0. The molecule has 1 aromatic carbocycles. The van der Waals surface area contributed by atoms with E-state index in [1.807, 2.05) is 30.7 Å². The maximum Gasteiger partial charge on any atom is 0.0835 e. The second-order valence-corrected chi connectivity index (χ2v) is 6.26. The Labute approximate surface area is 133 Å². The third-order valence-electron chi connectivity index (χ3n) is 3.47. The first-order valence-corrected chi connectivity index (χ1v) is 7.87. The molecule has 0 amide bonds. The van der Waals surface area contributed by atoms with E-state index < -0.39 is 0 Å². The van der Waals surface area contributed by atoms with Gasteiger partial charge >= 0.3 is 0 Å². The summed E-state index contributed by atoms with van der Waals surface area (Å²) in [6.07, 6.45) is 1.81. The van der Waals surface area contributed by atoms with Crippen LogP contribution in [0.15, 0.2) is 22.7 Å². The number of nitrogens with zero attached hydrogens (tertiary/aromatic N) is 2. The van der Waals surface area contributed by atoms with Crippen LogP contribution in [0, 0.1) is 13.8 Å². The van der Waals surface area contributed by atoms with Crippen LogP contribution in [0.4, 0.5) is 0 Å². The van der Waals surface area contributed by atoms with Gasteiger partial charge in [-0.2, -0.15) is 5.10 Å². The minimum atomic E-state index is 0.180. The summed E-state index contributed by atoms with van der Waals surface area (Å²) in [4.78, 5) is 0. The Bertz CT molecular complexity index is 622. The van der Waals surface area contributed by atoms with Gasteiger partial charge in [0.25, 0.3) is 0 Å². The first kappa shape index (κ1) is 15.5. The van der Waals surface area contributed by atoms with E-state index >= 15 is 0 Å². The fourth-order valence-electron chi connectivity index (χ4n) is 2.15. The SMILES string of the molecule is CCC(N)Cc1ccc(-n2nc(C)c(Br)c2C)c(Cl)c1. The van der Waals surface area contributed by atoms with Crippen LogP contribution in [0.1, 0.15) is 30.3 Å². The van der Waals surface area contributed by atoms with E-state index in [2.05, 4.69) is 34.0 Å². The van der Waals surface area contributed by atoms with Crippen LogP contribution >= 0.6 is 27.5 Å². The van der Waals surface area contributed by atoms with Crippen LogP contribution in [0.3, 0.4) is 0 Å². The Balaban J connectivity index is 2.36. The third-order valence-corrected chi connectivity index (χ3v) is 4.92. The summed E-state index contributed by atoms with van der Waals surface area (Å²) in [6.45, 7) is 6.07. The molecule has 0 aliphatic rings. The Hall–Kier alpha value is -0.840. The lowest BCUT2D eigenvalue weighted by molar-refractivity contribution is 0.646. The molecule has 1 atom stereocenters. The summed E-state index contributed by atoms with van der Waals surface area (Å²) in [5.41, 5.74) is 10.0. The van der Waals surface area contributed by atoms with Crippen LogP contribution < -0.4 is 5.73 Å². The number of aryl methyl sites for hydroxylation is 1. The first-order chi connectivity index (χ1) is 9.43. The molecule has 3 nitrogen and oxygen atoms in total. The molecule has 0 saturated carbocycles. The third kappa shape index (κ3) is 3.08. The predicted molar refractivity (Wildman–Crippen MR) is 87.7 cm³/mol.